The van der Waals surface area contributed by atoms with E-state index >= 15 is 0 Å². The zero-order valence-electron chi connectivity index (χ0n) is 13.8. The maximum atomic E-state index is 14.2. The molecule has 2 atom stereocenters. The Morgan fingerprint density at radius 2 is 2.00 bits per heavy atom. The Morgan fingerprint density at radius 1 is 1.24 bits per heavy atom. The van der Waals surface area contributed by atoms with E-state index in [-0.39, 0.29) is 5.75 Å². The number of methoxy groups -OCH3 is 1. The standard InChI is InChI=1S/C19H19F2NO3/c1-25-17-8-7-13(11-15(17)21)18(12-4-2-5-14(20)10-12)22-9-3-6-16(22)19(23)24/h2,4-5,7-8,10-11,16,18H,3,6,9H2,1H3,(H,23,24). The quantitative estimate of drug-likeness (QED) is 0.898. The first kappa shape index (κ1) is 17.4. The highest BCUT2D eigenvalue weighted by Gasteiger charge is 2.37. The molecule has 0 saturated carbocycles. The summed E-state index contributed by atoms with van der Waals surface area (Å²) < 4.78 is 32.9. The Kier molecular flexibility index (Phi) is 4.99. The zero-order valence-corrected chi connectivity index (χ0v) is 13.8. The molecule has 2 aromatic rings. The predicted octanol–water partition coefficient (Wildman–Crippen LogP) is 3.61. The number of benzene rings is 2. The number of ether oxygens (including phenoxy) is 1. The van der Waals surface area contributed by atoms with E-state index in [0.29, 0.717) is 24.1 Å². The van der Waals surface area contributed by atoms with Crippen LogP contribution in [0.5, 0.6) is 5.75 Å². The van der Waals surface area contributed by atoms with Crippen LogP contribution < -0.4 is 4.74 Å². The van der Waals surface area contributed by atoms with Gasteiger partial charge in [-0.2, -0.15) is 0 Å². The summed E-state index contributed by atoms with van der Waals surface area (Å²) >= 11 is 0. The molecule has 1 saturated heterocycles. The molecule has 0 bridgehead atoms. The Morgan fingerprint density at radius 3 is 2.64 bits per heavy atom. The van der Waals surface area contributed by atoms with Gasteiger partial charge in [-0.1, -0.05) is 18.2 Å². The first-order valence-corrected chi connectivity index (χ1v) is 8.08. The van der Waals surface area contributed by atoms with E-state index in [2.05, 4.69) is 0 Å². The van der Waals surface area contributed by atoms with E-state index in [0.717, 1.165) is 6.42 Å². The number of carboxylic acids is 1. The van der Waals surface area contributed by atoms with Gasteiger partial charge in [-0.15, -0.1) is 0 Å². The van der Waals surface area contributed by atoms with Gasteiger partial charge in [0.1, 0.15) is 11.9 Å². The fourth-order valence-corrected chi connectivity index (χ4v) is 3.47. The Labute approximate surface area is 144 Å². The van der Waals surface area contributed by atoms with Crippen LogP contribution >= 0.6 is 0 Å². The van der Waals surface area contributed by atoms with E-state index in [9.17, 15) is 18.7 Å². The van der Waals surface area contributed by atoms with Gasteiger partial charge in [0, 0.05) is 6.54 Å². The third-order valence-electron chi connectivity index (χ3n) is 4.57. The summed E-state index contributed by atoms with van der Waals surface area (Å²) in [5, 5.41) is 9.51. The van der Waals surface area contributed by atoms with Crippen molar-refractivity contribution < 1.29 is 23.4 Å². The van der Waals surface area contributed by atoms with Gasteiger partial charge < -0.3 is 9.84 Å². The lowest BCUT2D eigenvalue weighted by molar-refractivity contribution is -0.142. The number of aliphatic carboxylic acids is 1. The van der Waals surface area contributed by atoms with Crippen molar-refractivity contribution in [1.82, 2.24) is 4.90 Å². The maximum Gasteiger partial charge on any atom is 0.320 e. The lowest BCUT2D eigenvalue weighted by Gasteiger charge is -2.32. The van der Waals surface area contributed by atoms with E-state index in [1.165, 1.54) is 31.4 Å². The molecule has 2 aromatic carbocycles. The molecule has 6 heteroatoms. The summed E-state index contributed by atoms with van der Waals surface area (Å²) in [6, 6.07) is 9.29. The van der Waals surface area contributed by atoms with Crippen LogP contribution in [0.3, 0.4) is 0 Å². The number of halogens is 2. The van der Waals surface area contributed by atoms with Crippen molar-refractivity contribution in [2.45, 2.75) is 24.9 Å². The number of likely N-dealkylation sites (tertiary alicyclic amines) is 1. The van der Waals surface area contributed by atoms with E-state index in [4.69, 9.17) is 4.74 Å². The molecule has 0 radical (unpaired) electrons. The Bertz CT molecular complexity index is 781. The second kappa shape index (κ2) is 7.19. The molecule has 0 amide bonds. The van der Waals surface area contributed by atoms with Crippen LogP contribution in [0.1, 0.15) is 30.0 Å². The van der Waals surface area contributed by atoms with Crippen LogP contribution in [-0.4, -0.2) is 35.7 Å². The molecule has 0 aliphatic carbocycles. The molecule has 132 valence electrons. The minimum atomic E-state index is -0.923. The second-order valence-corrected chi connectivity index (χ2v) is 6.09. The van der Waals surface area contributed by atoms with Gasteiger partial charge in [-0.3, -0.25) is 9.69 Å². The van der Waals surface area contributed by atoms with Gasteiger partial charge >= 0.3 is 5.97 Å². The van der Waals surface area contributed by atoms with Crippen LogP contribution in [0.25, 0.3) is 0 Å². The minimum Gasteiger partial charge on any atom is -0.494 e. The van der Waals surface area contributed by atoms with E-state index < -0.39 is 29.7 Å². The molecule has 1 aliphatic rings. The average molecular weight is 347 g/mol. The van der Waals surface area contributed by atoms with Gasteiger partial charge in [0.15, 0.2) is 11.6 Å². The lowest BCUT2D eigenvalue weighted by atomic mass is 9.96. The van der Waals surface area contributed by atoms with Crippen LogP contribution in [-0.2, 0) is 4.79 Å². The van der Waals surface area contributed by atoms with Gasteiger partial charge in [0.05, 0.1) is 13.2 Å². The van der Waals surface area contributed by atoms with Crippen molar-refractivity contribution in [2.24, 2.45) is 0 Å². The minimum absolute atomic E-state index is 0.109. The van der Waals surface area contributed by atoms with Crippen molar-refractivity contribution in [2.75, 3.05) is 13.7 Å². The smallest absolute Gasteiger partial charge is 0.320 e. The topological polar surface area (TPSA) is 49.8 Å². The van der Waals surface area contributed by atoms with Crippen LogP contribution in [0.2, 0.25) is 0 Å². The van der Waals surface area contributed by atoms with Gasteiger partial charge in [0.25, 0.3) is 0 Å². The van der Waals surface area contributed by atoms with Gasteiger partial charge in [-0.25, -0.2) is 8.78 Å². The fourth-order valence-electron chi connectivity index (χ4n) is 3.47. The summed E-state index contributed by atoms with van der Waals surface area (Å²) in [7, 11) is 1.38. The van der Waals surface area contributed by atoms with Crippen molar-refractivity contribution >= 4 is 5.97 Å². The SMILES string of the molecule is COc1ccc(C(c2cccc(F)c2)N2CCCC2C(=O)O)cc1F. The molecular weight excluding hydrogens is 328 g/mol. The van der Waals surface area contributed by atoms with Crippen molar-refractivity contribution in [3.8, 4) is 5.75 Å². The highest BCUT2D eigenvalue weighted by atomic mass is 19.1. The van der Waals surface area contributed by atoms with E-state index in [1.54, 1.807) is 23.1 Å². The second-order valence-electron chi connectivity index (χ2n) is 6.09. The third kappa shape index (κ3) is 3.49. The van der Waals surface area contributed by atoms with Crippen molar-refractivity contribution in [3.05, 3.63) is 65.2 Å². The molecule has 1 fully saturated rings. The Balaban J connectivity index is 2.09. The van der Waals surface area contributed by atoms with Crippen LogP contribution in [0.15, 0.2) is 42.5 Å². The number of rotatable bonds is 5. The summed E-state index contributed by atoms with van der Waals surface area (Å²) in [6.45, 7) is 0.547. The summed E-state index contributed by atoms with van der Waals surface area (Å²) in [5.74, 6) is -1.76. The van der Waals surface area contributed by atoms with Gasteiger partial charge in [0.2, 0.25) is 0 Å². The molecule has 0 spiro atoms. The molecular formula is C19H19F2NO3. The Hall–Kier alpha value is -2.47. The normalized spacial score (nSPS) is 18.9. The summed E-state index contributed by atoms with van der Waals surface area (Å²) in [4.78, 5) is 13.4. The largest absolute Gasteiger partial charge is 0.494 e. The highest BCUT2D eigenvalue weighted by molar-refractivity contribution is 5.74. The molecule has 3 rings (SSSR count). The lowest BCUT2D eigenvalue weighted by Crippen LogP contribution is -2.39. The number of hydrogen-bond acceptors (Lipinski definition) is 3. The summed E-state index contributed by atoms with van der Waals surface area (Å²) in [5.41, 5.74) is 1.16. The molecule has 25 heavy (non-hydrogen) atoms. The first-order valence-electron chi connectivity index (χ1n) is 8.08. The number of hydrogen-bond donors (Lipinski definition) is 1. The first-order chi connectivity index (χ1) is 12.0. The third-order valence-corrected chi connectivity index (χ3v) is 4.57. The van der Waals surface area contributed by atoms with Crippen molar-refractivity contribution in [1.29, 1.82) is 0 Å². The molecule has 1 N–H and O–H groups in total. The number of carbonyl (C=O) groups is 1. The monoisotopic (exact) mass is 347 g/mol. The molecule has 1 heterocycles. The highest BCUT2D eigenvalue weighted by Crippen LogP contribution is 2.36. The molecule has 1 aliphatic heterocycles. The van der Waals surface area contributed by atoms with E-state index in [1.807, 2.05) is 0 Å². The van der Waals surface area contributed by atoms with Gasteiger partial charge in [-0.05, 0) is 48.2 Å². The number of carboxylic acid groups (broad SMARTS) is 1. The molecule has 4 nitrogen and oxygen atoms in total. The number of nitrogens with zero attached hydrogens (tertiary/aromatic N) is 1. The summed E-state index contributed by atoms with van der Waals surface area (Å²) in [6.07, 6.45) is 1.24. The molecule has 2 unspecified atom stereocenters. The predicted molar refractivity (Wildman–Crippen MR) is 88.6 cm³/mol. The van der Waals surface area contributed by atoms with Crippen LogP contribution in [0, 0.1) is 11.6 Å². The fraction of sp³-hybridized carbons (Fsp3) is 0.316. The molecule has 0 aromatic heterocycles. The average Bonchev–Trinajstić information content (AvgIpc) is 3.05. The zero-order chi connectivity index (χ0) is 18.0. The van der Waals surface area contributed by atoms with Crippen LogP contribution in [0.4, 0.5) is 8.78 Å². The van der Waals surface area contributed by atoms with Crippen molar-refractivity contribution in [3.63, 3.8) is 0 Å². The maximum absolute atomic E-state index is 14.2.